The molecule has 0 saturated heterocycles. The fraction of sp³-hybridized carbons (Fsp3) is 0.467. The summed E-state index contributed by atoms with van der Waals surface area (Å²) in [4.78, 5) is 3.57. The van der Waals surface area contributed by atoms with Crippen molar-refractivity contribution in [3.8, 4) is 5.75 Å². The molecule has 0 atom stereocenters. The summed E-state index contributed by atoms with van der Waals surface area (Å²) in [6.07, 6.45) is 1.07. The maximum absolute atomic E-state index is 5.50. The second-order valence-corrected chi connectivity index (χ2v) is 5.67. The molecule has 1 aromatic heterocycles. The van der Waals surface area contributed by atoms with Crippen molar-refractivity contribution < 1.29 is 4.74 Å². The van der Waals surface area contributed by atoms with Crippen molar-refractivity contribution in [3.05, 3.63) is 29.0 Å². The number of hydrogen-bond acceptors (Lipinski definition) is 2. The number of methoxy groups -OCH3 is 1. The molecule has 2 aromatic rings. The molecule has 1 aromatic carbocycles. The first-order chi connectivity index (χ1) is 8.53. The Balaban J connectivity index is 2.36. The second-order valence-electron chi connectivity index (χ2n) is 5.67. The van der Waals surface area contributed by atoms with Crippen molar-refractivity contribution in [2.24, 2.45) is 0 Å². The quantitative estimate of drug-likeness (QED) is 0.809. The van der Waals surface area contributed by atoms with Gasteiger partial charge in [-0.15, -0.1) is 0 Å². The molecule has 0 spiro atoms. The number of hydrogen-bond donors (Lipinski definition) is 2. The number of aromatic amines is 1. The second kappa shape index (κ2) is 3.75. The van der Waals surface area contributed by atoms with Gasteiger partial charge in [-0.05, 0) is 50.5 Å². The Morgan fingerprint density at radius 3 is 2.78 bits per heavy atom. The van der Waals surface area contributed by atoms with Crippen LogP contribution in [-0.4, -0.2) is 18.6 Å². The molecule has 0 fully saturated rings. The topological polar surface area (TPSA) is 37.0 Å². The molecule has 2 heterocycles. The van der Waals surface area contributed by atoms with Crippen molar-refractivity contribution in [2.45, 2.75) is 32.7 Å². The van der Waals surface area contributed by atoms with Crippen molar-refractivity contribution in [1.82, 2.24) is 10.3 Å². The van der Waals surface area contributed by atoms with Gasteiger partial charge in [0.25, 0.3) is 0 Å². The summed E-state index contributed by atoms with van der Waals surface area (Å²) < 4.78 is 5.50. The number of benzene rings is 1. The Morgan fingerprint density at radius 1 is 1.28 bits per heavy atom. The molecule has 1 aliphatic heterocycles. The van der Waals surface area contributed by atoms with Crippen LogP contribution in [0, 0.1) is 6.92 Å². The van der Waals surface area contributed by atoms with Gasteiger partial charge < -0.3 is 15.0 Å². The number of H-pyrrole nitrogens is 1. The molecule has 0 aliphatic carbocycles. The monoisotopic (exact) mass is 244 g/mol. The molecule has 0 radical (unpaired) electrons. The summed E-state index contributed by atoms with van der Waals surface area (Å²) in [5, 5.41) is 4.87. The van der Waals surface area contributed by atoms with Gasteiger partial charge in [0.2, 0.25) is 0 Å². The number of fused-ring (bicyclic) bond motifs is 3. The van der Waals surface area contributed by atoms with E-state index in [1.165, 1.54) is 22.2 Å². The number of aromatic nitrogens is 1. The molecule has 18 heavy (non-hydrogen) atoms. The summed E-state index contributed by atoms with van der Waals surface area (Å²) in [5.74, 6) is 0.940. The van der Waals surface area contributed by atoms with Crippen molar-refractivity contribution >= 4 is 10.9 Å². The fourth-order valence-corrected chi connectivity index (χ4v) is 3.00. The maximum Gasteiger partial charge on any atom is 0.143 e. The lowest BCUT2D eigenvalue weighted by Gasteiger charge is -2.31. The molecule has 0 bridgehead atoms. The van der Waals surface area contributed by atoms with Crippen LogP contribution in [0.2, 0.25) is 0 Å². The Kier molecular flexibility index (Phi) is 2.42. The van der Waals surface area contributed by atoms with E-state index < -0.39 is 0 Å². The third kappa shape index (κ3) is 1.54. The van der Waals surface area contributed by atoms with E-state index in [2.05, 4.69) is 43.2 Å². The van der Waals surface area contributed by atoms with E-state index in [4.69, 9.17) is 4.74 Å². The Morgan fingerprint density at radius 2 is 2.06 bits per heavy atom. The molecule has 0 unspecified atom stereocenters. The molecule has 2 N–H and O–H groups in total. The van der Waals surface area contributed by atoms with E-state index in [9.17, 15) is 0 Å². The van der Waals surface area contributed by atoms with Crippen LogP contribution in [-0.2, 0) is 12.0 Å². The van der Waals surface area contributed by atoms with Gasteiger partial charge in [0, 0.05) is 17.6 Å². The summed E-state index contributed by atoms with van der Waals surface area (Å²) in [7, 11) is 1.73. The van der Waals surface area contributed by atoms with Gasteiger partial charge in [0.15, 0.2) is 0 Å². The molecule has 3 heteroatoms. The lowest BCUT2D eigenvalue weighted by atomic mass is 9.90. The van der Waals surface area contributed by atoms with Crippen molar-refractivity contribution in [1.29, 1.82) is 0 Å². The average Bonchev–Trinajstić information content (AvgIpc) is 2.68. The van der Waals surface area contributed by atoms with Gasteiger partial charge in [-0.3, -0.25) is 0 Å². The molecule has 0 saturated carbocycles. The number of rotatable bonds is 1. The predicted molar refractivity (Wildman–Crippen MR) is 74.3 cm³/mol. The molecule has 1 aliphatic rings. The molecular weight excluding hydrogens is 224 g/mol. The predicted octanol–water partition coefficient (Wildman–Crippen LogP) is 2.87. The zero-order valence-electron chi connectivity index (χ0n) is 11.5. The van der Waals surface area contributed by atoms with Crippen LogP contribution in [0.3, 0.4) is 0 Å². The van der Waals surface area contributed by atoms with E-state index >= 15 is 0 Å². The van der Waals surface area contributed by atoms with E-state index in [1.54, 1.807) is 7.11 Å². The van der Waals surface area contributed by atoms with Gasteiger partial charge in [0.05, 0.1) is 18.2 Å². The summed E-state index contributed by atoms with van der Waals surface area (Å²) >= 11 is 0. The van der Waals surface area contributed by atoms with Crippen LogP contribution in [0.4, 0.5) is 0 Å². The number of nitrogens with one attached hydrogen (secondary N) is 2. The van der Waals surface area contributed by atoms with Crippen molar-refractivity contribution in [2.75, 3.05) is 13.7 Å². The van der Waals surface area contributed by atoms with Crippen LogP contribution in [0.15, 0.2) is 12.1 Å². The highest BCUT2D eigenvalue weighted by Crippen LogP contribution is 2.37. The third-order valence-corrected chi connectivity index (χ3v) is 3.91. The largest absolute Gasteiger partial charge is 0.495 e. The lowest BCUT2D eigenvalue weighted by Crippen LogP contribution is -2.42. The van der Waals surface area contributed by atoms with Gasteiger partial charge in [0.1, 0.15) is 5.75 Å². The Labute approximate surface area is 108 Å². The average molecular weight is 244 g/mol. The highest BCUT2D eigenvalue weighted by atomic mass is 16.5. The SMILES string of the molecule is COc1cc(C)cc2c3c([nH]c12)C(C)(C)NCC3. The maximum atomic E-state index is 5.50. The summed E-state index contributed by atoms with van der Waals surface area (Å²) in [6, 6.07) is 4.35. The number of aryl methyl sites for hydroxylation is 1. The van der Waals surface area contributed by atoms with E-state index in [1.807, 2.05) is 0 Å². The van der Waals surface area contributed by atoms with E-state index in [0.29, 0.717) is 0 Å². The van der Waals surface area contributed by atoms with Gasteiger partial charge in [-0.25, -0.2) is 0 Å². The minimum Gasteiger partial charge on any atom is -0.495 e. The summed E-state index contributed by atoms with van der Waals surface area (Å²) in [5.41, 5.74) is 5.12. The zero-order valence-corrected chi connectivity index (χ0v) is 11.5. The van der Waals surface area contributed by atoms with Crippen LogP contribution >= 0.6 is 0 Å². The molecule has 0 amide bonds. The smallest absolute Gasteiger partial charge is 0.143 e. The Bertz CT molecular complexity index is 610. The standard InChI is InChI=1S/C15H20N2O/c1-9-7-11-10-5-6-16-15(2,3)14(10)17-13(11)12(8-9)18-4/h7-8,16-17H,5-6H2,1-4H3. The molecule has 3 rings (SSSR count). The fourth-order valence-electron chi connectivity index (χ4n) is 3.00. The minimum absolute atomic E-state index is 0.00548. The van der Waals surface area contributed by atoms with Crippen molar-refractivity contribution in [3.63, 3.8) is 0 Å². The third-order valence-electron chi connectivity index (χ3n) is 3.91. The molecular formula is C15H20N2O. The van der Waals surface area contributed by atoms with Crippen LogP contribution in [0.5, 0.6) is 5.75 Å². The highest BCUT2D eigenvalue weighted by molar-refractivity contribution is 5.91. The first kappa shape index (κ1) is 11.6. The Hall–Kier alpha value is -1.48. The van der Waals surface area contributed by atoms with Crippen LogP contribution in [0.1, 0.15) is 30.7 Å². The normalized spacial score (nSPS) is 17.8. The molecule has 3 nitrogen and oxygen atoms in total. The highest BCUT2D eigenvalue weighted by Gasteiger charge is 2.30. The first-order valence-electron chi connectivity index (χ1n) is 6.47. The van der Waals surface area contributed by atoms with Gasteiger partial charge in [-0.1, -0.05) is 0 Å². The van der Waals surface area contributed by atoms with Gasteiger partial charge >= 0.3 is 0 Å². The van der Waals surface area contributed by atoms with E-state index in [-0.39, 0.29) is 5.54 Å². The zero-order chi connectivity index (χ0) is 12.9. The summed E-state index contributed by atoms with van der Waals surface area (Å²) in [6.45, 7) is 7.59. The van der Waals surface area contributed by atoms with Crippen LogP contribution in [0.25, 0.3) is 10.9 Å². The number of ether oxygens (including phenoxy) is 1. The first-order valence-corrected chi connectivity index (χ1v) is 6.47. The van der Waals surface area contributed by atoms with Crippen LogP contribution < -0.4 is 10.1 Å². The lowest BCUT2D eigenvalue weighted by molar-refractivity contribution is 0.374. The molecule has 96 valence electrons. The van der Waals surface area contributed by atoms with Gasteiger partial charge in [-0.2, -0.15) is 0 Å². The van der Waals surface area contributed by atoms with E-state index in [0.717, 1.165) is 24.2 Å². The minimum atomic E-state index is 0.00548.